The third-order valence-corrected chi connectivity index (χ3v) is 4.18. The Hall–Kier alpha value is -1.35. The van der Waals surface area contributed by atoms with Crippen molar-refractivity contribution in [2.45, 2.75) is 46.3 Å². The minimum absolute atomic E-state index is 0.104. The lowest BCUT2D eigenvalue weighted by molar-refractivity contribution is -0.0975. The van der Waals surface area contributed by atoms with Gasteiger partial charge in [-0.05, 0) is 44.5 Å². The summed E-state index contributed by atoms with van der Waals surface area (Å²) in [4.78, 5) is 11.2. The molecule has 1 aromatic carbocycles. The quantitative estimate of drug-likeness (QED) is 0.824. The fraction of sp³-hybridized carbons (Fsp3) is 0.562. The van der Waals surface area contributed by atoms with Gasteiger partial charge in [0.25, 0.3) is 0 Å². The highest BCUT2D eigenvalue weighted by molar-refractivity contribution is 5.94. The highest BCUT2D eigenvalue weighted by Gasteiger charge is 2.48. The molecule has 0 aromatic heterocycles. The van der Waals surface area contributed by atoms with Crippen LogP contribution >= 0.6 is 0 Å². The van der Waals surface area contributed by atoms with Crippen LogP contribution in [0.5, 0.6) is 0 Å². The number of anilines is 1. The Labute approximate surface area is 115 Å². The third-order valence-electron chi connectivity index (χ3n) is 4.18. The molecule has 2 unspecified atom stereocenters. The molecule has 1 saturated carbocycles. The van der Waals surface area contributed by atoms with Crippen LogP contribution in [0.1, 0.15) is 44.5 Å². The van der Waals surface area contributed by atoms with Gasteiger partial charge >= 0.3 is 0 Å². The standard InChI is InChI=1S/C16H23NO2/c1-5-19-15-10-14(16(15,3)4)17-13-8-6-12(7-9-13)11(2)18/h6-9,14-15,17H,5,10H2,1-4H3. The van der Waals surface area contributed by atoms with Crippen LogP contribution in [0, 0.1) is 5.41 Å². The molecule has 1 aromatic rings. The summed E-state index contributed by atoms with van der Waals surface area (Å²) < 4.78 is 5.73. The molecule has 1 aliphatic carbocycles. The number of nitrogens with one attached hydrogen (secondary N) is 1. The summed E-state index contributed by atoms with van der Waals surface area (Å²) >= 11 is 0. The lowest BCUT2D eigenvalue weighted by atomic mass is 9.64. The molecule has 0 spiro atoms. The van der Waals surface area contributed by atoms with Crippen LogP contribution in [-0.4, -0.2) is 24.5 Å². The van der Waals surface area contributed by atoms with Gasteiger partial charge in [-0.3, -0.25) is 4.79 Å². The molecule has 3 nitrogen and oxygen atoms in total. The van der Waals surface area contributed by atoms with Crippen LogP contribution < -0.4 is 5.32 Å². The van der Waals surface area contributed by atoms with E-state index in [0.717, 1.165) is 24.3 Å². The summed E-state index contributed by atoms with van der Waals surface area (Å²) in [7, 11) is 0. The number of hydrogen-bond acceptors (Lipinski definition) is 3. The van der Waals surface area contributed by atoms with E-state index in [1.807, 2.05) is 31.2 Å². The zero-order chi connectivity index (χ0) is 14.0. The Bertz CT molecular complexity index is 450. The van der Waals surface area contributed by atoms with Gasteiger partial charge in [0.1, 0.15) is 0 Å². The van der Waals surface area contributed by atoms with E-state index in [2.05, 4.69) is 19.2 Å². The molecule has 19 heavy (non-hydrogen) atoms. The molecule has 2 atom stereocenters. The number of Topliss-reactive ketones (excluding diaryl/α,β-unsaturated/α-hetero) is 1. The Morgan fingerprint density at radius 2 is 2.00 bits per heavy atom. The second-order valence-corrected chi connectivity index (χ2v) is 5.83. The number of rotatable bonds is 5. The van der Waals surface area contributed by atoms with E-state index in [4.69, 9.17) is 4.74 Å². The molecule has 3 heteroatoms. The van der Waals surface area contributed by atoms with Crippen LogP contribution in [-0.2, 0) is 4.74 Å². The highest BCUT2D eigenvalue weighted by Crippen LogP contribution is 2.44. The van der Waals surface area contributed by atoms with Crippen molar-refractivity contribution in [3.8, 4) is 0 Å². The van der Waals surface area contributed by atoms with E-state index in [1.165, 1.54) is 0 Å². The molecule has 2 rings (SSSR count). The van der Waals surface area contributed by atoms with Gasteiger partial charge in [0.05, 0.1) is 6.10 Å². The molecule has 0 amide bonds. The van der Waals surface area contributed by atoms with Crippen LogP contribution in [0.2, 0.25) is 0 Å². The first-order valence-electron chi connectivity index (χ1n) is 6.94. The summed E-state index contributed by atoms with van der Waals surface area (Å²) in [6.45, 7) is 8.87. The highest BCUT2D eigenvalue weighted by atomic mass is 16.5. The van der Waals surface area contributed by atoms with Crippen molar-refractivity contribution in [2.24, 2.45) is 5.41 Å². The Morgan fingerprint density at radius 1 is 1.37 bits per heavy atom. The molecule has 1 N–H and O–H groups in total. The van der Waals surface area contributed by atoms with Gasteiger partial charge in [0.2, 0.25) is 0 Å². The number of benzene rings is 1. The maximum absolute atomic E-state index is 11.2. The number of carbonyl (C=O) groups is 1. The van der Waals surface area contributed by atoms with Crippen molar-refractivity contribution in [3.63, 3.8) is 0 Å². The van der Waals surface area contributed by atoms with Gasteiger partial charge in [-0.2, -0.15) is 0 Å². The minimum Gasteiger partial charge on any atom is -0.382 e. The average molecular weight is 261 g/mol. The number of ketones is 1. The SMILES string of the molecule is CCOC1CC(Nc2ccc(C(C)=O)cc2)C1(C)C. The monoisotopic (exact) mass is 261 g/mol. The van der Waals surface area contributed by atoms with Crippen molar-refractivity contribution in [3.05, 3.63) is 29.8 Å². The topological polar surface area (TPSA) is 38.3 Å². The van der Waals surface area contributed by atoms with E-state index in [-0.39, 0.29) is 11.2 Å². The zero-order valence-corrected chi connectivity index (χ0v) is 12.2. The van der Waals surface area contributed by atoms with E-state index < -0.39 is 0 Å². The Morgan fingerprint density at radius 3 is 2.47 bits per heavy atom. The van der Waals surface area contributed by atoms with Gasteiger partial charge in [-0.1, -0.05) is 13.8 Å². The van der Waals surface area contributed by atoms with Gasteiger partial charge in [0.15, 0.2) is 5.78 Å². The zero-order valence-electron chi connectivity index (χ0n) is 12.2. The van der Waals surface area contributed by atoms with Crippen molar-refractivity contribution in [1.82, 2.24) is 0 Å². The molecule has 104 valence electrons. The maximum atomic E-state index is 11.2. The average Bonchev–Trinajstić information content (AvgIpc) is 2.38. The molecule has 0 aliphatic heterocycles. The summed E-state index contributed by atoms with van der Waals surface area (Å²) in [5.74, 6) is 0.104. The number of carbonyl (C=O) groups excluding carboxylic acids is 1. The van der Waals surface area contributed by atoms with Crippen LogP contribution in [0.25, 0.3) is 0 Å². The van der Waals surface area contributed by atoms with Crippen molar-refractivity contribution in [1.29, 1.82) is 0 Å². The number of hydrogen-bond donors (Lipinski definition) is 1. The van der Waals surface area contributed by atoms with Crippen LogP contribution in [0.15, 0.2) is 24.3 Å². The second-order valence-electron chi connectivity index (χ2n) is 5.83. The molecule has 0 heterocycles. The molecule has 1 fully saturated rings. The Kier molecular flexibility index (Phi) is 3.95. The molecule has 0 saturated heterocycles. The largest absolute Gasteiger partial charge is 0.382 e. The maximum Gasteiger partial charge on any atom is 0.159 e. The fourth-order valence-electron chi connectivity index (χ4n) is 2.62. The van der Waals surface area contributed by atoms with E-state index in [0.29, 0.717) is 12.1 Å². The van der Waals surface area contributed by atoms with Crippen molar-refractivity contribution >= 4 is 11.5 Å². The van der Waals surface area contributed by atoms with Gasteiger partial charge < -0.3 is 10.1 Å². The minimum atomic E-state index is 0.104. The smallest absolute Gasteiger partial charge is 0.159 e. The second kappa shape index (κ2) is 5.33. The first-order chi connectivity index (χ1) is 8.95. The van der Waals surface area contributed by atoms with Gasteiger partial charge in [-0.25, -0.2) is 0 Å². The van der Waals surface area contributed by atoms with Gasteiger partial charge in [-0.15, -0.1) is 0 Å². The first-order valence-corrected chi connectivity index (χ1v) is 6.94. The summed E-state index contributed by atoms with van der Waals surface area (Å²) in [6.07, 6.45) is 1.38. The van der Waals surface area contributed by atoms with Crippen LogP contribution in [0.4, 0.5) is 5.69 Å². The summed E-state index contributed by atoms with van der Waals surface area (Å²) in [6, 6.07) is 8.11. The normalized spacial score (nSPS) is 24.6. The Balaban J connectivity index is 1.97. The van der Waals surface area contributed by atoms with Crippen molar-refractivity contribution in [2.75, 3.05) is 11.9 Å². The van der Waals surface area contributed by atoms with Gasteiger partial charge in [0, 0.05) is 29.3 Å². The van der Waals surface area contributed by atoms with Crippen LogP contribution in [0.3, 0.4) is 0 Å². The van der Waals surface area contributed by atoms with E-state index in [9.17, 15) is 4.79 Å². The molecular formula is C16H23NO2. The molecule has 0 bridgehead atoms. The molecular weight excluding hydrogens is 238 g/mol. The fourth-order valence-corrected chi connectivity index (χ4v) is 2.62. The predicted octanol–water partition coefficient (Wildman–Crippen LogP) is 3.50. The molecule has 0 radical (unpaired) electrons. The first kappa shape index (κ1) is 14.1. The van der Waals surface area contributed by atoms with E-state index in [1.54, 1.807) is 6.92 Å². The predicted molar refractivity (Wildman–Crippen MR) is 77.7 cm³/mol. The van der Waals surface area contributed by atoms with Crippen molar-refractivity contribution < 1.29 is 9.53 Å². The number of ether oxygens (including phenoxy) is 1. The lowest BCUT2D eigenvalue weighted by Gasteiger charge is -2.52. The van der Waals surface area contributed by atoms with E-state index >= 15 is 0 Å². The lowest BCUT2D eigenvalue weighted by Crippen LogP contribution is -2.58. The summed E-state index contributed by atoms with van der Waals surface area (Å²) in [5, 5.41) is 3.53. The molecule has 1 aliphatic rings. The summed E-state index contributed by atoms with van der Waals surface area (Å²) in [5.41, 5.74) is 1.97. The third kappa shape index (κ3) is 2.81.